The van der Waals surface area contributed by atoms with Gasteiger partial charge in [0.15, 0.2) is 6.10 Å². The van der Waals surface area contributed by atoms with Crippen molar-refractivity contribution in [2.75, 3.05) is 7.11 Å². The number of hydrogen-bond acceptors (Lipinski definition) is 5. The van der Waals surface area contributed by atoms with Gasteiger partial charge in [-0.3, -0.25) is 4.79 Å². The molecule has 0 aliphatic heterocycles. The van der Waals surface area contributed by atoms with E-state index in [0.717, 1.165) is 0 Å². The zero-order valence-corrected chi connectivity index (χ0v) is 13.4. The number of H-pyrrole nitrogens is 2. The summed E-state index contributed by atoms with van der Waals surface area (Å²) in [6.07, 6.45) is 0.595. The average Bonchev–Trinajstić information content (AvgIpc) is 3.14. The number of aromatic nitrogens is 2. The number of aromatic amines is 2. The minimum atomic E-state index is -0.993. The number of esters is 2. The van der Waals surface area contributed by atoms with Gasteiger partial charge in [0.05, 0.1) is 18.4 Å². The molecule has 1 atom stereocenters. The van der Waals surface area contributed by atoms with E-state index in [-0.39, 0.29) is 11.4 Å². The molecule has 2 N–H and O–H groups in total. The summed E-state index contributed by atoms with van der Waals surface area (Å²) in [5, 5.41) is 0. The van der Waals surface area contributed by atoms with Crippen molar-refractivity contribution in [2.45, 2.75) is 26.9 Å². The van der Waals surface area contributed by atoms with Crippen LogP contribution >= 0.6 is 0 Å². The molecule has 0 aliphatic rings. The number of hydrogen-bond donors (Lipinski definition) is 2. The number of ether oxygens (including phenoxy) is 2. The zero-order valence-electron chi connectivity index (χ0n) is 13.4. The van der Waals surface area contributed by atoms with E-state index in [0.29, 0.717) is 16.8 Å². The van der Waals surface area contributed by atoms with Crippen molar-refractivity contribution < 1.29 is 23.9 Å². The van der Waals surface area contributed by atoms with Crippen LogP contribution in [0.15, 0.2) is 18.3 Å². The summed E-state index contributed by atoms with van der Waals surface area (Å²) < 4.78 is 9.85. The molecule has 0 spiro atoms. The van der Waals surface area contributed by atoms with Crippen LogP contribution in [0.5, 0.6) is 0 Å². The molecule has 2 aromatic rings. The molecule has 0 saturated heterocycles. The Bertz CT molecular complexity index is 743. The molecule has 0 unspecified atom stereocenters. The predicted octanol–water partition coefficient (Wildman–Crippen LogP) is 2.17. The van der Waals surface area contributed by atoms with E-state index in [1.165, 1.54) is 14.0 Å². The van der Waals surface area contributed by atoms with Gasteiger partial charge in [-0.2, -0.15) is 0 Å². The number of nitrogens with one attached hydrogen (secondary N) is 2. The third-order valence-electron chi connectivity index (χ3n) is 3.54. The van der Waals surface area contributed by atoms with Gasteiger partial charge in [-0.1, -0.05) is 0 Å². The van der Waals surface area contributed by atoms with Crippen LogP contribution in [0.4, 0.5) is 0 Å². The molecule has 0 bridgehead atoms. The molecule has 0 fully saturated rings. The molecule has 2 aromatic heterocycles. The van der Waals surface area contributed by atoms with Gasteiger partial charge in [-0.15, -0.1) is 0 Å². The third kappa shape index (κ3) is 3.18. The Morgan fingerprint density at radius 2 is 1.87 bits per heavy atom. The van der Waals surface area contributed by atoms with Crippen molar-refractivity contribution in [1.29, 1.82) is 0 Å². The first-order chi connectivity index (χ1) is 10.9. The van der Waals surface area contributed by atoms with Gasteiger partial charge >= 0.3 is 11.9 Å². The number of methoxy groups -OCH3 is 1. The van der Waals surface area contributed by atoms with Crippen LogP contribution in [0.25, 0.3) is 0 Å². The highest BCUT2D eigenvalue weighted by Gasteiger charge is 2.27. The Morgan fingerprint density at radius 3 is 2.43 bits per heavy atom. The van der Waals surface area contributed by atoms with Crippen LogP contribution in [0, 0.1) is 13.8 Å². The number of Topliss-reactive ketones (excluding diaryl/α,β-unsaturated/α-hetero) is 1. The Labute approximate surface area is 133 Å². The molecule has 0 saturated carbocycles. The molecule has 0 radical (unpaired) electrons. The molecular weight excluding hydrogens is 300 g/mol. The maximum atomic E-state index is 12.5. The summed E-state index contributed by atoms with van der Waals surface area (Å²) in [5.74, 6) is -1.56. The molecular formula is C16H18N2O5. The van der Waals surface area contributed by atoms with E-state index in [9.17, 15) is 14.4 Å². The maximum absolute atomic E-state index is 12.5. The Morgan fingerprint density at radius 1 is 1.17 bits per heavy atom. The van der Waals surface area contributed by atoms with Crippen molar-refractivity contribution in [3.63, 3.8) is 0 Å². The average molecular weight is 318 g/mol. The topological polar surface area (TPSA) is 101 Å². The standard InChI is InChI=1S/C16H18N2O5/c1-8-12(16(21)22-4)9(2)18-13(8)14(19)10(3)23-15(20)11-6-5-7-17-11/h5-7,10,17-18H,1-4H3/t10-/m1/s1. The fourth-order valence-corrected chi connectivity index (χ4v) is 2.34. The monoisotopic (exact) mass is 318 g/mol. The van der Waals surface area contributed by atoms with E-state index < -0.39 is 23.8 Å². The fraction of sp³-hybridized carbons (Fsp3) is 0.312. The summed E-state index contributed by atoms with van der Waals surface area (Å²) in [6.45, 7) is 4.80. The Hall–Kier alpha value is -2.83. The molecule has 7 heteroatoms. The summed E-state index contributed by atoms with van der Waals surface area (Å²) in [6, 6.07) is 3.21. The van der Waals surface area contributed by atoms with Crippen LogP contribution in [0.3, 0.4) is 0 Å². The number of ketones is 1. The lowest BCUT2D eigenvalue weighted by Gasteiger charge is -2.11. The van der Waals surface area contributed by atoms with Gasteiger partial charge in [0, 0.05) is 11.9 Å². The molecule has 2 rings (SSSR count). The van der Waals surface area contributed by atoms with E-state index in [4.69, 9.17) is 9.47 Å². The van der Waals surface area contributed by atoms with E-state index in [1.807, 2.05) is 0 Å². The summed E-state index contributed by atoms with van der Waals surface area (Å²) >= 11 is 0. The lowest BCUT2D eigenvalue weighted by molar-refractivity contribution is 0.0311. The minimum Gasteiger partial charge on any atom is -0.465 e. The molecule has 2 heterocycles. The van der Waals surface area contributed by atoms with Crippen LogP contribution < -0.4 is 0 Å². The van der Waals surface area contributed by atoms with Crippen molar-refractivity contribution in [2.24, 2.45) is 0 Å². The summed E-state index contributed by atoms with van der Waals surface area (Å²) in [4.78, 5) is 41.7. The number of carbonyl (C=O) groups excluding carboxylic acids is 3. The molecule has 0 aliphatic carbocycles. The van der Waals surface area contributed by atoms with E-state index >= 15 is 0 Å². The Kier molecular flexibility index (Phi) is 4.68. The normalized spacial score (nSPS) is 11.8. The largest absolute Gasteiger partial charge is 0.465 e. The summed E-state index contributed by atoms with van der Waals surface area (Å²) in [5.41, 5.74) is 1.82. The van der Waals surface area contributed by atoms with Crippen LogP contribution in [-0.2, 0) is 9.47 Å². The highest BCUT2D eigenvalue weighted by molar-refractivity contribution is 6.04. The van der Waals surface area contributed by atoms with Crippen molar-refractivity contribution in [3.05, 3.63) is 46.5 Å². The van der Waals surface area contributed by atoms with Gasteiger partial charge in [0.2, 0.25) is 5.78 Å². The van der Waals surface area contributed by atoms with Crippen LogP contribution in [-0.4, -0.2) is 40.9 Å². The van der Waals surface area contributed by atoms with Gasteiger partial charge in [-0.25, -0.2) is 9.59 Å². The van der Waals surface area contributed by atoms with Gasteiger partial charge < -0.3 is 19.4 Å². The van der Waals surface area contributed by atoms with E-state index in [2.05, 4.69) is 9.97 Å². The summed E-state index contributed by atoms with van der Waals surface area (Å²) in [7, 11) is 1.27. The fourth-order valence-electron chi connectivity index (χ4n) is 2.34. The SMILES string of the molecule is COC(=O)c1c(C)[nH]c(C(=O)[C@@H](C)OC(=O)c2ccc[nH]2)c1C. The first-order valence-corrected chi connectivity index (χ1v) is 7.02. The first-order valence-electron chi connectivity index (χ1n) is 7.02. The van der Waals surface area contributed by atoms with Crippen molar-refractivity contribution in [3.8, 4) is 0 Å². The van der Waals surface area contributed by atoms with Crippen molar-refractivity contribution in [1.82, 2.24) is 9.97 Å². The molecule has 0 aromatic carbocycles. The van der Waals surface area contributed by atoms with Crippen molar-refractivity contribution >= 4 is 17.7 Å². The quantitative estimate of drug-likeness (QED) is 0.650. The molecule has 23 heavy (non-hydrogen) atoms. The second-order valence-electron chi connectivity index (χ2n) is 5.11. The van der Waals surface area contributed by atoms with E-state index in [1.54, 1.807) is 32.2 Å². The van der Waals surface area contributed by atoms with Crippen LogP contribution in [0.1, 0.15) is 49.5 Å². The third-order valence-corrected chi connectivity index (χ3v) is 3.54. The first kappa shape index (κ1) is 16.5. The second-order valence-corrected chi connectivity index (χ2v) is 5.11. The smallest absolute Gasteiger partial charge is 0.355 e. The number of aryl methyl sites for hydroxylation is 1. The lowest BCUT2D eigenvalue weighted by atomic mass is 10.1. The number of rotatable bonds is 5. The minimum absolute atomic E-state index is 0.231. The molecule has 122 valence electrons. The molecule has 0 amide bonds. The maximum Gasteiger partial charge on any atom is 0.355 e. The highest BCUT2D eigenvalue weighted by Crippen LogP contribution is 2.21. The Balaban J connectivity index is 2.20. The van der Waals surface area contributed by atoms with Gasteiger partial charge in [0.1, 0.15) is 5.69 Å². The lowest BCUT2D eigenvalue weighted by Crippen LogP contribution is -2.25. The van der Waals surface area contributed by atoms with Crippen LogP contribution in [0.2, 0.25) is 0 Å². The second kappa shape index (κ2) is 6.51. The predicted molar refractivity (Wildman–Crippen MR) is 81.6 cm³/mol. The van der Waals surface area contributed by atoms with Gasteiger partial charge in [-0.05, 0) is 38.5 Å². The zero-order chi connectivity index (χ0) is 17.1. The highest BCUT2D eigenvalue weighted by atomic mass is 16.5. The molecule has 7 nitrogen and oxygen atoms in total. The number of carbonyl (C=O) groups is 3. The van der Waals surface area contributed by atoms with Gasteiger partial charge in [0.25, 0.3) is 0 Å².